The van der Waals surface area contributed by atoms with E-state index in [-0.39, 0.29) is 0 Å². The highest BCUT2D eigenvalue weighted by Crippen LogP contribution is 2.42. The number of hydrogen-bond acceptors (Lipinski definition) is 2. The van der Waals surface area contributed by atoms with Crippen LogP contribution in [0.25, 0.3) is 94.7 Å². The summed E-state index contributed by atoms with van der Waals surface area (Å²) in [5, 5.41) is 14.5. The van der Waals surface area contributed by atoms with Gasteiger partial charge in [0.15, 0.2) is 0 Å². The van der Waals surface area contributed by atoms with Gasteiger partial charge < -0.3 is 9.13 Å². The second-order valence-electron chi connectivity index (χ2n) is 17.6. The SMILES string of the molecule is C=C(/C=C\c1c(C)n(-c2cc(C#N)c(C(=C)/C=C(/C)N=C(C)C)cc2-n2c3cc(-c4ccccc4)ccc3c3ccc(-c4ccccc4)cc32)c2cc(-c3ccccc3)ccc12)c1ccccc1. The molecule has 10 rings (SSSR count). The van der Waals surface area contributed by atoms with Gasteiger partial charge in [-0.2, -0.15) is 5.26 Å². The molecule has 2 heterocycles. The number of hydrogen-bond donors (Lipinski definition) is 0. The Bertz CT molecular complexity index is 3620. The van der Waals surface area contributed by atoms with Gasteiger partial charge in [-0.25, -0.2) is 0 Å². The van der Waals surface area contributed by atoms with E-state index in [0.29, 0.717) is 11.1 Å². The van der Waals surface area contributed by atoms with E-state index in [1.54, 1.807) is 0 Å². The summed E-state index contributed by atoms with van der Waals surface area (Å²) in [4.78, 5) is 4.74. The minimum absolute atomic E-state index is 0.515. The average molecular weight is 875 g/mol. The molecule has 326 valence electrons. The van der Waals surface area contributed by atoms with Crippen molar-refractivity contribution in [1.82, 2.24) is 9.13 Å². The van der Waals surface area contributed by atoms with Gasteiger partial charge >= 0.3 is 0 Å². The van der Waals surface area contributed by atoms with Crippen LogP contribution in [-0.2, 0) is 0 Å². The van der Waals surface area contributed by atoms with Crippen molar-refractivity contribution in [2.45, 2.75) is 27.7 Å². The molecule has 68 heavy (non-hydrogen) atoms. The van der Waals surface area contributed by atoms with Crippen molar-refractivity contribution >= 4 is 55.6 Å². The zero-order valence-corrected chi connectivity index (χ0v) is 38.8. The lowest BCUT2D eigenvalue weighted by Crippen LogP contribution is -2.07. The first-order valence-corrected chi connectivity index (χ1v) is 23.0. The third kappa shape index (κ3) is 8.12. The lowest BCUT2D eigenvalue weighted by molar-refractivity contribution is 1.02. The van der Waals surface area contributed by atoms with Gasteiger partial charge in [0.05, 0.1) is 39.6 Å². The van der Waals surface area contributed by atoms with Crippen molar-refractivity contribution in [3.8, 4) is 50.8 Å². The zero-order chi connectivity index (χ0) is 46.9. The fourth-order valence-corrected chi connectivity index (χ4v) is 9.61. The maximum absolute atomic E-state index is 11.2. The van der Waals surface area contributed by atoms with Crippen molar-refractivity contribution in [2.24, 2.45) is 4.99 Å². The molecule has 0 aliphatic carbocycles. The van der Waals surface area contributed by atoms with Crippen LogP contribution in [0.15, 0.2) is 224 Å². The maximum atomic E-state index is 11.2. The normalized spacial score (nSPS) is 11.7. The maximum Gasteiger partial charge on any atom is 0.0998 e. The van der Waals surface area contributed by atoms with Gasteiger partial charge in [0.25, 0.3) is 0 Å². The fraction of sp³-hybridized carbons (Fsp3) is 0.0625. The van der Waals surface area contributed by atoms with Gasteiger partial charge in [-0.3, -0.25) is 4.99 Å². The van der Waals surface area contributed by atoms with Crippen LogP contribution in [0.3, 0.4) is 0 Å². The lowest BCUT2D eigenvalue weighted by atomic mass is 9.98. The van der Waals surface area contributed by atoms with E-state index < -0.39 is 0 Å². The van der Waals surface area contributed by atoms with E-state index in [0.717, 1.165) is 117 Å². The third-order valence-corrected chi connectivity index (χ3v) is 12.8. The molecule has 4 nitrogen and oxygen atoms in total. The quantitative estimate of drug-likeness (QED) is 0.0943. The van der Waals surface area contributed by atoms with Crippen LogP contribution in [0, 0.1) is 18.3 Å². The monoisotopic (exact) mass is 874 g/mol. The highest BCUT2D eigenvalue weighted by atomic mass is 15.1. The first-order valence-electron chi connectivity index (χ1n) is 23.0. The molecule has 0 saturated heterocycles. The number of nitriles is 1. The number of benzene rings is 8. The van der Waals surface area contributed by atoms with Gasteiger partial charge in [0, 0.05) is 44.4 Å². The molecular weight excluding hydrogens is 825 g/mol. The molecular formula is C64H50N4. The van der Waals surface area contributed by atoms with Crippen LogP contribution in [-0.4, -0.2) is 14.8 Å². The van der Waals surface area contributed by atoms with Gasteiger partial charge in [0.2, 0.25) is 0 Å². The van der Waals surface area contributed by atoms with Crippen LogP contribution in [0.5, 0.6) is 0 Å². The molecule has 10 aromatic rings. The highest BCUT2D eigenvalue weighted by Gasteiger charge is 2.24. The molecule has 0 unspecified atom stereocenters. The largest absolute Gasteiger partial charge is 0.311 e. The molecule has 4 heteroatoms. The Morgan fingerprint density at radius 2 is 0.971 bits per heavy atom. The Balaban J connectivity index is 1.34. The van der Waals surface area contributed by atoms with Crippen molar-refractivity contribution < 1.29 is 0 Å². The van der Waals surface area contributed by atoms with Gasteiger partial charge in [-0.15, -0.1) is 0 Å². The number of aromatic nitrogens is 2. The van der Waals surface area contributed by atoms with E-state index in [4.69, 9.17) is 4.99 Å². The Morgan fingerprint density at radius 3 is 1.46 bits per heavy atom. The van der Waals surface area contributed by atoms with Crippen LogP contribution >= 0.6 is 0 Å². The number of nitrogens with zero attached hydrogens (tertiary/aromatic N) is 4. The predicted molar refractivity (Wildman–Crippen MR) is 289 cm³/mol. The van der Waals surface area contributed by atoms with Crippen molar-refractivity contribution in [3.63, 3.8) is 0 Å². The summed E-state index contributed by atoms with van der Waals surface area (Å²) >= 11 is 0. The molecule has 0 amide bonds. The number of rotatable bonds is 11. The summed E-state index contributed by atoms with van der Waals surface area (Å²) in [5.41, 5.74) is 19.4. The van der Waals surface area contributed by atoms with E-state index in [2.05, 4.69) is 211 Å². The summed E-state index contributed by atoms with van der Waals surface area (Å²) in [6, 6.07) is 69.0. The molecule has 0 fully saturated rings. The predicted octanol–water partition coefficient (Wildman–Crippen LogP) is 17.0. The summed E-state index contributed by atoms with van der Waals surface area (Å²) < 4.78 is 4.75. The van der Waals surface area contributed by atoms with Crippen LogP contribution in [0.2, 0.25) is 0 Å². The number of allylic oxidation sites excluding steroid dienone is 5. The average Bonchev–Trinajstić information content (AvgIpc) is 3.84. The first kappa shape index (κ1) is 43.1. The number of fused-ring (bicyclic) bond motifs is 4. The van der Waals surface area contributed by atoms with Gasteiger partial charge in [-0.1, -0.05) is 183 Å². The summed E-state index contributed by atoms with van der Waals surface area (Å²) in [5.74, 6) is 0. The molecule has 0 spiro atoms. The highest BCUT2D eigenvalue weighted by molar-refractivity contribution is 6.12. The fourth-order valence-electron chi connectivity index (χ4n) is 9.61. The Hall–Kier alpha value is -8.78. The molecule has 2 aromatic heterocycles. The molecule has 0 aliphatic heterocycles. The van der Waals surface area contributed by atoms with E-state index >= 15 is 0 Å². The molecule has 8 aromatic carbocycles. The summed E-state index contributed by atoms with van der Waals surface area (Å²) in [7, 11) is 0. The smallest absolute Gasteiger partial charge is 0.0998 e. The Morgan fingerprint density at radius 1 is 0.515 bits per heavy atom. The molecule has 0 radical (unpaired) electrons. The van der Waals surface area contributed by atoms with E-state index in [9.17, 15) is 5.26 Å². The Kier molecular flexibility index (Phi) is 11.6. The molecule has 0 atom stereocenters. The third-order valence-electron chi connectivity index (χ3n) is 12.8. The van der Waals surface area contributed by atoms with Crippen molar-refractivity contribution in [1.29, 1.82) is 5.26 Å². The minimum atomic E-state index is 0.515. The van der Waals surface area contributed by atoms with Crippen molar-refractivity contribution in [2.75, 3.05) is 0 Å². The minimum Gasteiger partial charge on any atom is -0.311 e. The summed E-state index contributed by atoms with van der Waals surface area (Å²) in [6.45, 7) is 17.2. The van der Waals surface area contributed by atoms with Crippen molar-refractivity contribution in [3.05, 3.63) is 247 Å². The number of aliphatic imine (C=N–C) groups is 1. The first-order chi connectivity index (χ1) is 33.2. The zero-order valence-electron chi connectivity index (χ0n) is 38.8. The summed E-state index contributed by atoms with van der Waals surface area (Å²) in [6.07, 6.45) is 6.28. The van der Waals surface area contributed by atoms with Crippen LogP contribution in [0.4, 0.5) is 0 Å². The lowest BCUT2D eigenvalue weighted by Gasteiger charge is -2.20. The molecule has 0 bridgehead atoms. The van der Waals surface area contributed by atoms with Crippen LogP contribution in [0.1, 0.15) is 48.7 Å². The standard InChI is InChI=1S/C64H50N4/c1-42(2)66-45(5)35-44(4)59-40-64(68-61-37-52(49-23-15-9-16-24-49)29-33-57(61)58-34-30-53(38-62(58)68)50-25-17-10-18-26-50)63(39-54(59)41-65)67-46(6)55(31-27-43(3)47-19-11-7-12-20-47)56-32-28-51(36-60(56)67)48-21-13-8-14-22-48/h7-40H,3-4H2,1-2,5-6H3/b31-27-,45-35-. The molecule has 0 aliphatic rings. The van der Waals surface area contributed by atoms with Gasteiger partial charge in [0.1, 0.15) is 0 Å². The Labute approximate surface area is 398 Å². The molecule has 0 saturated carbocycles. The molecule has 0 N–H and O–H groups in total. The van der Waals surface area contributed by atoms with E-state index in [1.165, 1.54) is 0 Å². The second kappa shape index (κ2) is 18.2. The van der Waals surface area contributed by atoms with Gasteiger partial charge in [-0.05, 0) is 114 Å². The second-order valence-corrected chi connectivity index (χ2v) is 17.6. The topological polar surface area (TPSA) is 46.0 Å². The van der Waals surface area contributed by atoms with E-state index in [1.807, 2.05) is 51.1 Å². The van der Waals surface area contributed by atoms with Crippen LogP contribution < -0.4 is 0 Å².